The van der Waals surface area contributed by atoms with E-state index in [4.69, 9.17) is 21.4 Å². The minimum absolute atomic E-state index is 0.0216. The van der Waals surface area contributed by atoms with Gasteiger partial charge in [0.15, 0.2) is 0 Å². The third-order valence-electron chi connectivity index (χ3n) is 2.40. The van der Waals surface area contributed by atoms with Crippen LogP contribution in [0.1, 0.15) is 19.1 Å². The molecule has 6 heteroatoms. The summed E-state index contributed by atoms with van der Waals surface area (Å²) in [5, 5.41) is 9.07. The van der Waals surface area contributed by atoms with Crippen molar-refractivity contribution in [3.8, 4) is 0 Å². The second-order valence-corrected chi connectivity index (χ2v) is 3.80. The molecule has 0 radical (unpaired) electrons. The lowest BCUT2D eigenvalue weighted by molar-refractivity contribution is -0.0245. The molecule has 1 aromatic rings. The summed E-state index contributed by atoms with van der Waals surface area (Å²) in [6.07, 6.45) is 2.49. The average Bonchev–Trinajstić information content (AvgIpc) is 2.66. The molecule has 0 aromatic carbocycles. The van der Waals surface area contributed by atoms with Gasteiger partial charge in [-0.05, 0) is 18.9 Å². The number of hydrogen-bond acceptors (Lipinski definition) is 4. The number of aromatic nitrogens is 2. The van der Waals surface area contributed by atoms with Crippen LogP contribution in [-0.2, 0) is 4.74 Å². The Morgan fingerprint density at radius 2 is 2.47 bits per heavy atom. The van der Waals surface area contributed by atoms with Gasteiger partial charge in [0.2, 0.25) is 0 Å². The third-order valence-corrected chi connectivity index (χ3v) is 2.61. The molecule has 0 spiro atoms. The lowest BCUT2D eigenvalue weighted by Gasteiger charge is -2.13. The largest absolute Gasteiger partial charge is 0.394 e. The third kappa shape index (κ3) is 2.19. The van der Waals surface area contributed by atoms with E-state index in [0.717, 1.165) is 6.42 Å². The predicted octanol–water partition coefficient (Wildman–Crippen LogP) is 0.567. The summed E-state index contributed by atoms with van der Waals surface area (Å²) in [5.74, 6) is 0. The first-order valence-corrected chi connectivity index (χ1v) is 5.09. The smallest absolute Gasteiger partial charge is 0.351 e. The Hall–Kier alpha value is -0.910. The van der Waals surface area contributed by atoms with Crippen LogP contribution in [0, 0.1) is 0 Å². The van der Waals surface area contributed by atoms with Crippen molar-refractivity contribution in [3.63, 3.8) is 0 Å². The van der Waals surface area contributed by atoms with Crippen molar-refractivity contribution in [2.45, 2.75) is 25.2 Å². The minimum atomic E-state index is -0.425. The fourth-order valence-electron chi connectivity index (χ4n) is 1.64. The molecule has 1 N–H and O–H groups in total. The fraction of sp³-hybridized carbons (Fsp3) is 0.556. The summed E-state index contributed by atoms with van der Waals surface area (Å²) >= 11 is 5.57. The molecule has 0 saturated carbocycles. The van der Waals surface area contributed by atoms with Gasteiger partial charge in [-0.15, -0.1) is 0 Å². The van der Waals surface area contributed by atoms with Crippen LogP contribution in [0.25, 0.3) is 0 Å². The lowest BCUT2D eigenvalue weighted by Crippen LogP contribution is -2.27. The number of rotatable bonds is 2. The Morgan fingerprint density at radius 3 is 3.07 bits per heavy atom. The first-order valence-electron chi connectivity index (χ1n) is 4.71. The molecule has 0 bridgehead atoms. The molecular weight excluding hydrogens is 220 g/mol. The van der Waals surface area contributed by atoms with Crippen molar-refractivity contribution >= 4 is 11.6 Å². The van der Waals surface area contributed by atoms with E-state index in [1.165, 1.54) is 4.57 Å². The Morgan fingerprint density at radius 1 is 1.67 bits per heavy atom. The van der Waals surface area contributed by atoms with E-state index in [1.807, 2.05) is 0 Å². The van der Waals surface area contributed by atoms with Crippen LogP contribution in [0.2, 0.25) is 5.15 Å². The van der Waals surface area contributed by atoms with Gasteiger partial charge >= 0.3 is 5.69 Å². The van der Waals surface area contributed by atoms with Gasteiger partial charge in [-0.3, -0.25) is 4.57 Å². The summed E-state index contributed by atoms with van der Waals surface area (Å²) in [6, 6.07) is 1.54. The van der Waals surface area contributed by atoms with Crippen molar-refractivity contribution in [2.24, 2.45) is 0 Å². The number of aliphatic hydroxyl groups is 1. The molecular formula is C9H11ClN2O3. The van der Waals surface area contributed by atoms with Crippen molar-refractivity contribution in [2.75, 3.05) is 6.61 Å². The van der Waals surface area contributed by atoms with Gasteiger partial charge in [-0.2, -0.15) is 4.98 Å². The van der Waals surface area contributed by atoms with Gasteiger partial charge in [0.05, 0.1) is 12.7 Å². The van der Waals surface area contributed by atoms with Crippen molar-refractivity contribution in [1.29, 1.82) is 0 Å². The Bertz CT molecular complexity index is 407. The van der Waals surface area contributed by atoms with Crippen molar-refractivity contribution in [1.82, 2.24) is 9.55 Å². The maximum absolute atomic E-state index is 11.4. The summed E-state index contributed by atoms with van der Waals surface area (Å²) in [7, 11) is 0. The van der Waals surface area contributed by atoms with E-state index in [1.54, 1.807) is 12.3 Å². The summed E-state index contributed by atoms with van der Waals surface area (Å²) in [5.41, 5.74) is -0.425. The van der Waals surface area contributed by atoms with Crippen LogP contribution in [0.15, 0.2) is 17.1 Å². The number of aliphatic hydroxyl groups excluding tert-OH is 1. The second-order valence-electron chi connectivity index (χ2n) is 3.41. The van der Waals surface area contributed by atoms with Gasteiger partial charge in [0.25, 0.3) is 0 Å². The summed E-state index contributed by atoms with van der Waals surface area (Å²) in [4.78, 5) is 15.0. The highest BCUT2D eigenvalue weighted by Gasteiger charge is 2.26. The van der Waals surface area contributed by atoms with Crippen LogP contribution in [0.4, 0.5) is 0 Å². The van der Waals surface area contributed by atoms with E-state index >= 15 is 0 Å². The second kappa shape index (κ2) is 4.30. The van der Waals surface area contributed by atoms with E-state index < -0.39 is 5.69 Å². The molecule has 2 heterocycles. The molecule has 1 aliphatic heterocycles. The van der Waals surface area contributed by atoms with Gasteiger partial charge < -0.3 is 9.84 Å². The van der Waals surface area contributed by atoms with E-state index in [2.05, 4.69) is 4.98 Å². The van der Waals surface area contributed by atoms with Crippen molar-refractivity contribution in [3.05, 3.63) is 27.9 Å². The van der Waals surface area contributed by atoms with Gasteiger partial charge in [-0.25, -0.2) is 4.79 Å². The number of hydrogen-bond donors (Lipinski definition) is 1. The maximum Gasteiger partial charge on any atom is 0.351 e. The molecule has 15 heavy (non-hydrogen) atoms. The minimum Gasteiger partial charge on any atom is -0.394 e. The monoisotopic (exact) mass is 230 g/mol. The predicted molar refractivity (Wildman–Crippen MR) is 53.7 cm³/mol. The molecule has 1 fully saturated rings. The normalized spacial score (nSPS) is 25.7. The zero-order valence-corrected chi connectivity index (χ0v) is 8.72. The Kier molecular flexibility index (Phi) is 3.04. The zero-order chi connectivity index (χ0) is 10.8. The highest BCUT2D eigenvalue weighted by Crippen LogP contribution is 2.26. The van der Waals surface area contributed by atoms with Crippen LogP contribution in [-0.4, -0.2) is 27.4 Å². The number of ether oxygens (including phenoxy) is 1. The molecule has 5 nitrogen and oxygen atoms in total. The van der Waals surface area contributed by atoms with Gasteiger partial charge in [-0.1, -0.05) is 11.6 Å². The Balaban J connectivity index is 2.20. The average molecular weight is 231 g/mol. The molecule has 1 aliphatic rings. The van der Waals surface area contributed by atoms with Crippen LogP contribution < -0.4 is 5.69 Å². The maximum atomic E-state index is 11.4. The summed E-state index contributed by atoms with van der Waals surface area (Å²) in [6.45, 7) is -0.0216. The van der Waals surface area contributed by atoms with Crippen LogP contribution in [0.5, 0.6) is 0 Å². The molecule has 2 rings (SSSR count). The van der Waals surface area contributed by atoms with Crippen molar-refractivity contribution < 1.29 is 9.84 Å². The van der Waals surface area contributed by atoms with Gasteiger partial charge in [0.1, 0.15) is 11.4 Å². The SMILES string of the molecule is O=c1nc(Cl)ccn1[C@H]1CC[C@@H](CO)O1. The number of halogens is 1. The topological polar surface area (TPSA) is 64.4 Å². The van der Waals surface area contributed by atoms with Crippen LogP contribution >= 0.6 is 11.6 Å². The quantitative estimate of drug-likeness (QED) is 0.755. The van der Waals surface area contributed by atoms with Gasteiger partial charge in [0, 0.05) is 6.20 Å². The first-order chi connectivity index (χ1) is 7.20. The van der Waals surface area contributed by atoms with E-state index in [9.17, 15) is 4.79 Å². The standard InChI is InChI=1S/C9H11ClN2O3/c10-7-3-4-12(9(14)11-7)8-2-1-6(5-13)15-8/h3-4,6,8,13H,1-2,5H2/t6-,8+/m0/s1. The van der Waals surface area contributed by atoms with E-state index in [-0.39, 0.29) is 24.1 Å². The fourth-order valence-corrected chi connectivity index (χ4v) is 1.77. The molecule has 1 aromatic heterocycles. The molecule has 0 unspecified atom stereocenters. The molecule has 2 atom stereocenters. The Labute approximate surface area is 91.3 Å². The highest BCUT2D eigenvalue weighted by atomic mass is 35.5. The van der Waals surface area contributed by atoms with E-state index in [0.29, 0.717) is 6.42 Å². The lowest BCUT2D eigenvalue weighted by atomic mass is 10.2. The number of nitrogens with zero attached hydrogens (tertiary/aromatic N) is 2. The molecule has 1 saturated heterocycles. The molecule has 0 aliphatic carbocycles. The first kappa shape index (κ1) is 10.6. The summed E-state index contributed by atoms with van der Waals surface area (Å²) < 4.78 is 6.84. The zero-order valence-electron chi connectivity index (χ0n) is 7.97. The van der Waals surface area contributed by atoms with Crippen LogP contribution in [0.3, 0.4) is 0 Å². The molecule has 82 valence electrons. The molecule has 0 amide bonds. The highest BCUT2D eigenvalue weighted by molar-refractivity contribution is 6.29.